The zero-order chi connectivity index (χ0) is 9.80. The molecule has 0 radical (unpaired) electrons. The molecule has 0 aliphatic carbocycles. The van der Waals surface area contributed by atoms with Gasteiger partial charge in [-0.25, -0.2) is 4.98 Å². The van der Waals surface area contributed by atoms with Crippen LogP contribution in [-0.4, -0.2) is 11.5 Å². The topological polar surface area (TPSA) is 65.2 Å². The van der Waals surface area contributed by atoms with Crippen LogP contribution in [0.15, 0.2) is 33.5 Å². The number of furan rings is 1. The van der Waals surface area contributed by atoms with Crippen molar-refractivity contribution in [2.75, 3.05) is 6.54 Å². The van der Waals surface area contributed by atoms with Gasteiger partial charge in [-0.15, -0.1) is 0 Å². The van der Waals surface area contributed by atoms with Crippen molar-refractivity contribution in [2.45, 2.75) is 12.8 Å². The maximum Gasteiger partial charge on any atom is 0.201 e. The third kappa shape index (κ3) is 2.03. The quantitative estimate of drug-likeness (QED) is 0.794. The summed E-state index contributed by atoms with van der Waals surface area (Å²) < 4.78 is 10.4. The van der Waals surface area contributed by atoms with Crippen LogP contribution in [0.25, 0.3) is 0 Å². The Kier molecular flexibility index (Phi) is 2.65. The fraction of sp³-hybridized carbons (Fsp3) is 0.300. The predicted molar refractivity (Wildman–Crippen MR) is 50.8 cm³/mol. The highest BCUT2D eigenvalue weighted by Gasteiger charge is 2.05. The van der Waals surface area contributed by atoms with Crippen molar-refractivity contribution in [3.8, 4) is 0 Å². The van der Waals surface area contributed by atoms with E-state index in [-0.39, 0.29) is 0 Å². The van der Waals surface area contributed by atoms with Crippen molar-refractivity contribution < 1.29 is 8.83 Å². The van der Waals surface area contributed by atoms with Crippen LogP contribution in [0.5, 0.6) is 0 Å². The third-order valence-corrected chi connectivity index (χ3v) is 1.91. The van der Waals surface area contributed by atoms with Gasteiger partial charge in [0.1, 0.15) is 12.0 Å². The van der Waals surface area contributed by atoms with Gasteiger partial charge in [0, 0.05) is 6.42 Å². The highest BCUT2D eigenvalue weighted by molar-refractivity contribution is 5.06. The summed E-state index contributed by atoms with van der Waals surface area (Å²) in [6.07, 6.45) is 4.63. The van der Waals surface area contributed by atoms with E-state index in [4.69, 9.17) is 14.6 Å². The molecule has 2 rings (SSSR count). The van der Waals surface area contributed by atoms with Crippen LogP contribution in [0.3, 0.4) is 0 Å². The first-order valence-corrected chi connectivity index (χ1v) is 4.54. The third-order valence-electron chi connectivity index (χ3n) is 1.91. The molecule has 0 bridgehead atoms. The van der Waals surface area contributed by atoms with Crippen LogP contribution >= 0.6 is 0 Å². The molecule has 0 atom stereocenters. The van der Waals surface area contributed by atoms with E-state index in [1.54, 1.807) is 12.5 Å². The Labute approximate surface area is 81.7 Å². The summed E-state index contributed by atoms with van der Waals surface area (Å²) in [5, 5.41) is 0. The Balaban J connectivity index is 2.03. The maximum atomic E-state index is 5.41. The van der Waals surface area contributed by atoms with Gasteiger partial charge in [-0.2, -0.15) is 0 Å². The van der Waals surface area contributed by atoms with E-state index in [1.165, 1.54) is 0 Å². The van der Waals surface area contributed by atoms with Gasteiger partial charge in [-0.3, -0.25) is 0 Å². The first kappa shape index (κ1) is 9.02. The second-order valence-corrected chi connectivity index (χ2v) is 3.03. The van der Waals surface area contributed by atoms with Gasteiger partial charge in [0.05, 0.1) is 18.4 Å². The van der Waals surface area contributed by atoms with Gasteiger partial charge in [0.15, 0.2) is 0 Å². The van der Waals surface area contributed by atoms with Gasteiger partial charge in [-0.1, -0.05) is 0 Å². The minimum atomic E-state index is 0.590. The molecule has 4 nitrogen and oxygen atoms in total. The lowest BCUT2D eigenvalue weighted by molar-refractivity contribution is 0.464. The first-order valence-electron chi connectivity index (χ1n) is 4.54. The Morgan fingerprint density at radius 1 is 1.36 bits per heavy atom. The van der Waals surface area contributed by atoms with Crippen LogP contribution in [0, 0.1) is 0 Å². The SMILES string of the molecule is NCCc1coc(Cc2ccco2)n1. The standard InChI is InChI=1S/C10H12N2O2/c11-4-3-8-7-14-10(12-8)6-9-2-1-5-13-9/h1-2,5,7H,3-4,6,11H2. The monoisotopic (exact) mass is 192 g/mol. The summed E-state index contributed by atoms with van der Waals surface area (Å²) >= 11 is 0. The fourth-order valence-corrected chi connectivity index (χ4v) is 1.26. The molecule has 0 aliphatic heterocycles. The molecule has 0 amide bonds. The second-order valence-electron chi connectivity index (χ2n) is 3.03. The highest BCUT2D eigenvalue weighted by Crippen LogP contribution is 2.09. The summed E-state index contributed by atoms with van der Waals surface area (Å²) in [5.74, 6) is 1.52. The molecule has 74 valence electrons. The normalized spacial score (nSPS) is 10.6. The van der Waals surface area contributed by atoms with Crippen LogP contribution in [-0.2, 0) is 12.8 Å². The van der Waals surface area contributed by atoms with Gasteiger partial charge in [-0.05, 0) is 18.7 Å². The molecule has 0 saturated carbocycles. The minimum Gasteiger partial charge on any atom is -0.469 e. The highest BCUT2D eigenvalue weighted by atomic mass is 16.3. The molecule has 14 heavy (non-hydrogen) atoms. The number of rotatable bonds is 4. The van der Waals surface area contributed by atoms with Crippen LogP contribution in [0.1, 0.15) is 17.3 Å². The van der Waals surface area contributed by atoms with E-state index in [2.05, 4.69) is 4.98 Å². The van der Waals surface area contributed by atoms with E-state index in [0.717, 1.165) is 17.9 Å². The van der Waals surface area contributed by atoms with Crippen molar-refractivity contribution in [1.82, 2.24) is 4.98 Å². The molecule has 2 aromatic heterocycles. The molecule has 0 unspecified atom stereocenters. The largest absolute Gasteiger partial charge is 0.469 e. The molecular weight excluding hydrogens is 180 g/mol. The van der Waals surface area contributed by atoms with E-state index < -0.39 is 0 Å². The number of nitrogens with two attached hydrogens (primary N) is 1. The lowest BCUT2D eigenvalue weighted by Crippen LogP contribution is -2.02. The average molecular weight is 192 g/mol. The van der Waals surface area contributed by atoms with Crippen molar-refractivity contribution in [2.24, 2.45) is 5.73 Å². The fourth-order valence-electron chi connectivity index (χ4n) is 1.26. The van der Waals surface area contributed by atoms with E-state index >= 15 is 0 Å². The minimum absolute atomic E-state index is 0.590. The summed E-state index contributed by atoms with van der Waals surface area (Å²) in [4.78, 5) is 4.27. The zero-order valence-electron chi connectivity index (χ0n) is 7.77. The maximum absolute atomic E-state index is 5.41. The van der Waals surface area contributed by atoms with Gasteiger partial charge in [0.25, 0.3) is 0 Å². The van der Waals surface area contributed by atoms with Gasteiger partial charge < -0.3 is 14.6 Å². The Hall–Kier alpha value is -1.55. The molecule has 0 saturated heterocycles. The summed E-state index contributed by atoms with van der Waals surface area (Å²) in [5.41, 5.74) is 6.30. The first-order chi connectivity index (χ1) is 6.88. The molecule has 4 heteroatoms. The summed E-state index contributed by atoms with van der Waals surface area (Å²) in [6, 6.07) is 3.74. The van der Waals surface area contributed by atoms with Crippen LogP contribution in [0.4, 0.5) is 0 Å². The molecule has 0 aliphatic rings. The number of oxazole rings is 1. The van der Waals surface area contributed by atoms with E-state index in [9.17, 15) is 0 Å². The lowest BCUT2D eigenvalue weighted by Gasteiger charge is -1.89. The summed E-state index contributed by atoms with van der Waals surface area (Å²) in [6.45, 7) is 0.590. The van der Waals surface area contributed by atoms with E-state index in [1.807, 2.05) is 12.1 Å². The van der Waals surface area contributed by atoms with Crippen molar-refractivity contribution in [3.63, 3.8) is 0 Å². The van der Waals surface area contributed by atoms with Crippen LogP contribution < -0.4 is 5.73 Å². The number of hydrogen-bond acceptors (Lipinski definition) is 4. The van der Waals surface area contributed by atoms with Crippen molar-refractivity contribution in [1.29, 1.82) is 0 Å². The molecule has 2 N–H and O–H groups in total. The average Bonchev–Trinajstić information content (AvgIpc) is 2.79. The Morgan fingerprint density at radius 2 is 2.29 bits per heavy atom. The molecule has 2 heterocycles. The lowest BCUT2D eigenvalue weighted by atomic mass is 10.3. The smallest absolute Gasteiger partial charge is 0.201 e. The Bertz CT molecular complexity index is 378. The number of nitrogens with zero attached hydrogens (tertiary/aromatic N) is 1. The Morgan fingerprint density at radius 3 is 3.00 bits per heavy atom. The summed E-state index contributed by atoms with van der Waals surface area (Å²) in [7, 11) is 0. The molecular formula is C10H12N2O2. The van der Waals surface area contributed by atoms with E-state index in [0.29, 0.717) is 18.9 Å². The number of aromatic nitrogens is 1. The van der Waals surface area contributed by atoms with Crippen molar-refractivity contribution >= 4 is 0 Å². The molecule has 0 spiro atoms. The zero-order valence-corrected chi connectivity index (χ0v) is 7.77. The molecule has 0 aromatic carbocycles. The van der Waals surface area contributed by atoms with Gasteiger partial charge in [0.2, 0.25) is 5.89 Å². The van der Waals surface area contributed by atoms with Crippen molar-refractivity contribution in [3.05, 3.63) is 42.0 Å². The molecule has 2 aromatic rings. The van der Waals surface area contributed by atoms with Gasteiger partial charge >= 0.3 is 0 Å². The second kappa shape index (κ2) is 4.11. The van der Waals surface area contributed by atoms with Crippen LogP contribution in [0.2, 0.25) is 0 Å². The molecule has 0 fully saturated rings. The number of hydrogen-bond donors (Lipinski definition) is 1. The predicted octanol–water partition coefficient (Wildman–Crippen LogP) is 1.36.